The molecule has 4 amide bonds. The molecule has 3 aliphatic heterocycles. The number of nitrogens with one attached hydrogen (secondary N) is 2. The third kappa shape index (κ3) is 2.49. The van der Waals surface area contributed by atoms with E-state index in [1.807, 2.05) is 0 Å². The third-order valence-electron chi connectivity index (χ3n) is 5.42. The van der Waals surface area contributed by atoms with Crippen molar-refractivity contribution in [2.24, 2.45) is 5.41 Å². The lowest BCUT2D eigenvalue weighted by molar-refractivity contribution is -0.153. The highest BCUT2D eigenvalue weighted by Crippen LogP contribution is 2.48. The number of rotatable bonds is 0. The van der Waals surface area contributed by atoms with E-state index in [-0.39, 0.29) is 28.3 Å². The van der Waals surface area contributed by atoms with Crippen molar-refractivity contribution < 1.29 is 27.9 Å². The van der Waals surface area contributed by atoms with Crippen LogP contribution in [-0.4, -0.2) is 42.6 Å². The summed E-state index contributed by atoms with van der Waals surface area (Å²) >= 11 is 1.67. The molecule has 1 spiro atoms. The lowest BCUT2D eigenvalue weighted by atomic mass is 9.66. The average molecular weight is 491 g/mol. The number of urea groups is 1. The van der Waals surface area contributed by atoms with Gasteiger partial charge in [0.1, 0.15) is 0 Å². The van der Waals surface area contributed by atoms with Crippen molar-refractivity contribution in [2.45, 2.75) is 38.5 Å². The van der Waals surface area contributed by atoms with Crippen LogP contribution in [0.25, 0.3) is 0 Å². The maximum Gasteiger partial charge on any atom is 0.328 e. The van der Waals surface area contributed by atoms with Crippen molar-refractivity contribution in [3.05, 3.63) is 26.8 Å². The van der Waals surface area contributed by atoms with E-state index in [0.29, 0.717) is 5.56 Å². The van der Waals surface area contributed by atoms with Crippen LogP contribution in [0.1, 0.15) is 19.4 Å². The predicted octanol–water partition coefficient (Wildman–Crippen LogP) is 1.46. The number of carbonyl (C=O) groups is 3. The summed E-state index contributed by atoms with van der Waals surface area (Å²) in [5, 5.41) is 4.29. The molecule has 27 heavy (non-hydrogen) atoms. The Kier molecular flexibility index (Phi) is 4.18. The summed E-state index contributed by atoms with van der Waals surface area (Å²) in [6.07, 6.45) is -1.12. The number of amides is 4. The van der Waals surface area contributed by atoms with Gasteiger partial charge < -0.3 is 9.64 Å². The van der Waals surface area contributed by atoms with Crippen LogP contribution in [0.5, 0.6) is 0 Å². The van der Waals surface area contributed by atoms with Crippen LogP contribution in [0.15, 0.2) is 6.07 Å². The minimum absolute atomic E-state index is 0.0445. The zero-order chi connectivity index (χ0) is 19.7. The molecule has 0 unspecified atom stereocenters. The molecule has 144 valence electrons. The highest BCUT2D eigenvalue weighted by atomic mass is 127. The summed E-state index contributed by atoms with van der Waals surface area (Å²) in [5.74, 6) is -3.50. The van der Waals surface area contributed by atoms with Gasteiger partial charge in [-0.05, 0) is 48.1 Å². The van der Waals surface area contributed by atoms with Crippen LogP contribution in [0, 0.1) is 20.6 Å². The van der Waals surface area contributed by atoms with Crippen LogP contribution >= 0.6 is 22.6 Å². The summed E-state index contributed by atoms with van der Waals surface area (Å²) in [5.41, 5.74) is -1.30. The lowest BCUT2D eigenvalue weighted by Crippen LogP contribution is -2.75. The summed E-state index contributed by atoms with van der Waals surface area (Å²) in [4.78, 5) is 38.9. The van der Waals surface area contributed by atoms with Crippen LogP contribution in [0.4, 0.5) is 19.3 Å². The number of ether oxygens (including phenoxy) is 1. The number of halogens is 3. The number of benzene rings is 1. The van der Waals surface area contributed by atoms with Gasteiger partial charge in [0.05, 0.1) is 27.5 Å². The van der Waals surface area contributed by atoms with Gasteiger partial charge in [-0.15, -0.1) is 0 Å². The van der Waals surface area contributed by atoms with Gasteiger partial charge in [0.2, 0.25) is 11.8 Å². The molecule has 2 saturated heterocycles. The van der Waals surface area contributed by atoms with Gasteiger partial charge in [-0.3, -0.25) is 20.2 Å². The number of hydrogen-bond acceptors (Lipinski definition) is 5. The van der Waals surface area contributed by atoms with E-state index in [9.17, 15) is 23.2 Å². The molecule has 0 aromatic heterocycles. The molecule has 1 aromatic carbocycles. The molecule has 3 heterocycles. The first-order chi connectivity index (χ1) is 12.7. The van der Waals surface area contributed by atoms with E-state index < -0.39 is 47.0 Å². The van der Waals surface area contributed by atoms with E-state index in [1.54, 1.807) is 41.3 Å². The van der Waals surface area contributed by atoms with Gasteiger partial charge in [-0.1, -0.05) is 0 Å². The molecule has 0 aliphatic carbocycles. The lowest BCUT2D eigenvalue weighted by Gasteiger charge is -2.55. The smallest absolute Gasteiger partial charge is 0.328 e. The fourth-order valence-corrected chi connectivity index (χ4v) is 5.12. The normalized spacial score (nSPS) is 29.1. The van der Waals surface area contributed by atoms with E-state index in [0.717, 1.165) is 0 Å². The average Bonchev–Trinajstić information content (AvgIpc) is 2.56. The first-order valence-electron chi connectivity index (χ1n) is 8.42. The maximum absolute atomic E-state index is 14.9. The Bertz CT molecular complexity index is 873. The quantitative estimate of drug-likeness (QED) is 0.326. The van der Waals surface area contributed by atoms with Crippen molar-refractivity contribution >= 4 is 46.1 Å². The first kappa shape index (κ1) is 18.5. The molecular weight excluding hydrogens is 475 g/mol. The number of morpholine rings is 1. The number of imide groups is 2. The fraction of sp³-hybridized carbons (Fsp3) is 0.471. The number of barbiturate groups is 1. The SMILES string of the molecule is C[C@@H]1CN2c3c(cc(I)c(F)c3F)CC3(C(=O)NC(=O)NC3=O)[C@H]2[C@H](C)O1. The number of carbonyl (C=O) groups excluding carboxylic acids is 3. The molecule has 2 fully saturated rings. The minimum Gasteiger partial charge on any atom is -0.372 e. The topological polar surface area (TPSA) is 87.7 Å². The molecule has 0 saturated carbocycles. The van der Waals surface area contributed by atoms with E-state index >= 15 is 0 Å². The van der Waals surface area contributed by atoms with Crippen molar-refractivity contribution in [2.75, 3.05) is 11.4 Å². The zero-order valence-electron chi connectivity index (χ0n) is 14.4. The molecule has 3 aliphatic rings. The standard InChI is InChI=1S/C17H16F2IN3O4/c1-6-5-23-12-8(3-9(20)10(18)11(12)19)4-17(13(23)7(2)27-6)14(24)21-16(26)22-15(17)25/h3,6-7,13H,4-5H2,1-2H3,(H2,21,22,24,25,26)/t6-,7+,13-/m1/s1. The van der Waals surface area contributed by atoms with Gasteiger partial charge in [-0.25, -0.2) is 13.6 Å². The largest absolute Gasteiger partial charge is 0.372 e. The first-order valence-corrected chi connectivity index (χ1v) is 9.50. The molecular formula is C17H16F2IN3O4. The second kappa shape index (κ2) is 6.09. The predicted molar refractivity (Wildman–Crippen MR) is 98.0 cm³/mol. The second-order valence-electron chi connectivity index (χ2n) is 7.13. The number of nitrogens with zero attached hydrogens (tertiary/aromatic N) is 1. The molecule has 4 rings (SSSR count). The van der Waals surface area contributed by atoms with Gasteiger partial charge in [0.15, 0.2) is 17.0 Å². The Balaban J connectivity index is 1.97. The molecule has 7 nitrogen and oxygen atoms in total. The molecule has 1 aromatic rings. The van der Waals surface area contributed by atoms with Crippen molar-refractivity contribution in [3.8, 4) is 0 Å². The molecule has 2 N–H and O–H groups in total. The number of fused-ring (bicyclic) bond motifs is 4. The third-order valence-corrected chi connectivity index (χ3v) is 6.21. The van der Waals surface area contributed by atoms with E-state index in [1.165, 1.54) is 6.07 Å². The van der Waals surface area contributed by atoms with Crippen molar-refractivity contribution in [1.29, 1.82) is 0 Å². The Morgan fingerprint density at radius 1 is 1.19 bits per heavy atom. The number of hydrogen-bond donors (Lipinski definition) is 2. The minimum atomic E-state index is -1.69. The number of anilines is 1. The Hall–Kier alpha value is -1.82. The maximum atomic E-state index is 14.9. The van der Waals surface area contributed by atoms with Crippen LogP contribution in [0.3, 0.4) is 0 Å². The monoisotopic (exact) mass is 491 g/mol. The van der Waals surface area contributed by atoms with Gasteiger partial charge in [0.25, 0.3) is 0 Å². The van der Waals surface area contributed by atoms with E-state index in [2.05, 4.69) is 10.6 Å². The Morgan fingerprint density at radius 2 is 1.81 bits per heavy atom. The Morgan fingerprint density at radius 3 is 2.44 bits per heavy atom. The van der Waals surface area contributed by atoms with Crippen LogP contribution < -0.4 is 15.5 Å². The van der Waals surface area contributed by atoms with Gasteiger partial charge in [0, 0.05) is 13.0 Å². The molecule has 0 radical (unpaired) electrons. The second-order valence-corrected chi connectivity index (χ2v) is 8.29. The Labute approximate surface area is 166 Å². The van der Waals surface area contributed by atoms with Crippen molar-refractivity contribution in [3.63, 3.8) is 0 Å². The fourth-order valence-electron chi connectivity index (χ4n) is 4.50. The summed E-state index contributed by atoms with van der Waals surface area (Å²) in [7, 11) is 0. The summed E-state index contributed by atoms with van der Waals surface area (Å²) < 4.78 is 35.0. The van der Waals surface area contributed by atoms with Crippen LogP contribution in [-0.2, 0) is 20.7 Å². The summed E-state index contributed by atoms with van der Waals surface area (Å²) in [6, 6.07) is -0.345. The van der Waals surface area contributed by atoms with Crippen LogP contribution in [0.2, 0.25) is 0 Å². The van der Waals surface area contributed by atoms with E-state index in [4.69, 9.17) is 4.74 Å². The van der Waals surface area contributed by atoms with Gasteiger partial charge in [-0.2, -0.15) is 0 Å². The molecule has 3 atom stereocenters. The highest BCUT2D eigenvalue weighted by Gasteiger charge is 2.63. The molecule has 0 bridgehead atoms. The zero-order valence-corrected chi connectivity index (χ0v) is 16.6. The van der Waals surface area contributed by atoms with Crippen molar-refractivity contribution in [1.82, 2.24) is 10.6 Å². The highest BCUT2D eigenvalue weighted by molar-refractivity contribution is 14.1. The summed E-state index contributed by atoms with van der Waals surface area (Å²) in [6.45, 7) is 3.63. The molecule has 10 heteroatoms. The van der Waals surface area contributed by atoms with Gasteiger partial charge >= 0.3 is 6.03 Å².